The highest BCUT2D eigenvalue weighted by Crippen LogP contribution is 2.45. The average Bonchev–Trinajstić information content (AvgIpc) is 2.52. The van der Waals surface area contributed by atoms with Gasteiger partial charge < -0.3 is 9.47 Å². The second-order valence-corrected chi connectivity index (χ2v) is 4.24. The third-order valence-corrected chi connectivity index (χ3v) is 2.76. The number of alkyl halides is 2. The Hall–Kier alpha value is -3.45. The van der Waals surface area contributed by atoms with E-state index in [1.165, 1.54) is 6.92 Å². The summed E-state index contributed by atoms with van der Waals surface area (Å²) < 4.78 is 32.7. The molecule has 1 atom stereocenters. The van der Waals surface area contributed by atoms with Crippen LogP contribution < -0.4 is 4.74 Å². The molecule has 0 amide bonds. The summed E-state index contributed by atoms with van der Waals surface area (Å²) in [6.07, 6.45) is -4.82. The van der Waals surface area contributed by atoms with Crippen molar-refractivity contribution in [2.75, 3.05) is 6.67 Å². The lowest BCUT2D eigenvalue weighted by Gasteiger charge is -2.09. The minimum Gasteiger partial charge on any atom is -0.396 e. The Morgan fingerprint density at radius 3 is 2.04 bits per heavy atom. The fourth-order valence-electron chi connectivity index (χ4n) is 1.83. The first-order chi connectivity index (χ1) is 11.6. The fourth-order valence-corrected chi connectivity index (χ4v) is 1.83. The van der Waals surface area contributed by atoms with Crippen LogP contribution in [0.1, 0.15) is 12.5 Å². The predicted molar refractivity (Wildman–Crippen MR) is 73.8 cm³/mol. The van der Waals surface area contributed by atoms with Gasteiger partial charge in [0.25, 0.3) is 6.36 Å². The quantitative estimate of drug-likeness (QED) is 0.305. The van der Waals surface area contributed by atoms with Gasteiger partial charge in [0.15, 0.2) is 6.67 Å². The van der Waals surface area contributed by atoms with Gasteiger partial charge in [0.05, 0.1) is 14.8 Å². The van der Waals surface area contributed by atoms with E-state index in [-0.39, 0.29) is 12.0 Å². The summed E-state index contributed by atoms with van der Waals surface area (Å²) in [5.74, 6) is -1.07. The van der Waals surface area contributed by atoms with E-state index >= 15 is 0 Å². The first-order valence-electron chi connectivity index (χ1n) is 6.35. The monoisotopic (exact) mass is 365 g/mol. The number of hydrogen-bond acceptors (Lipinski definition) is 9. The molecule has 1 aromatic rings. The zero-order valence-electron chi connectivity index (χ0n) is 12.3. The number of benzene rings is 1. The van der Waals surface area contributed by atoms with Gasteiger partial charge in [-0.3, -0.25) is 30.3 Å². The molecule has 1 aromatic carbocycles. The molecule has 0 aliphatic heterocycles. The maximum absolute atomic E-state index is 12.6. The molecule has 1 unspecified atom stereocenters. The van der Waals surface area contributed by atoms with Crippen LogP contribution in [0.2, 0.25) is 0 Å². The summed E-state index contributed by atoms with van der Waals surface area (Å²) in [4.78, 5) is 40.6. The van der Waals surface area contributed by atoms with E-state index in [0.717, 1.165) is 0 Å². The molecule has 0 N–H and O–H groups in total. The van der Waals surface area contributed by atoms with Gasteiger partial charge in [-0.25, -0.2) is 9.18 Å². The Kier molecular flexibility index (Phi) is 6.19. The number of halogens is 2. The molecule has 25 heavy (non-hydrogen) atoms. The number of nitro benzene ring substituents is 3. The molecule has 0 fully saturated rings. The zero-order valence-corrected chi connectivity index (χ0v) is 12.3. The average molecular weight is 365 g/mol. The van der Waals surface area contributed by atoms with Crippen molar-refractivity contribution in [1.82, 2.24) is 0 Å². The third kappa shape index (κ3) is 4.30. The van der Waals surface area contributed by atoms with Gasteiger partial charge in [-0.2, -0.15) is 4.39 Å². The molecule has 14 heteroatoms. The van der Waals surface area contributed by atoms with Gasteiger partial charge >= 0.3 is 23.2 Å². The van der Waals surface area contributed by atoms with Crippen molar-refractivity contribution in [1.29, 1.82) is 0 Å². The van der Waals surface area contributed by atoms with Crippen LogP contribution in [0.5, 0.6) is 5.75 Å². The van der Waals surface area contributed by atoms with Crippen molar-refractivity contribution < 1.29 is 37.8 Å². The Morgan fingerprint density at radius 2 is 1.64 bits per heavy atom. The summed E-state index contributed by atoms with van der Waals surface area (Å²) in [5.41, 5.74) is -4.51. The van der Waals surface area contributed by atoms with Crippen molar-refractivity contribution in [3.8, 4) is 5.75 Å². The molecular weight excluding hydrogens is 356 g/mol. The highest BCUT2D eigenvalue weighted by molar-refractivity contribution is 5.78. The van der Waals surface area contributed by atoms with Gasteiger partial charge in [0.2, 0.25) is 5.75 Å². The van der Waals surface area contributed by atoms with E-state index in [0.29, 0.717) is 6.07 Å². The number of aryl methyl sites for hydroxylation is 1. The van der Waals surface area contributed by atoms with E-state index < -0.39 is 56.8 Å². The van der Waals surface area contributed by atoms with Crippen molar-refractivity contribution >= 4 is 23.2 Å². The molecule has 0 saturated heterocycles. The molecule has 0 aromatic heterocycles. The number of nitrogens with zero attached hydrogens (tertiary/aromatic N) is 3. The lowest BCUT2D eigenvalue weighted by Crippen LogP contribution is -2.19. The smallest absolute Gasteiger partial charge is 0.396 e. The second-order valence-electron chi connectivity index (χ2n) is 4.24. The van der Waals surface area contributed by atoms with Gasteiger partial charge in [-0.1, -0.05) is 6.92 Å². The predicted octanol–water partition coefficient (Wildman–Crippen LogP) is 2.75. The van der Waals surface area contributed by atoms with Crippen LogP contribution in [0.15, 0.2) is 6.07 Å². The van der Waals surface area contributed by atoms with Crippen LogP contribution >= 0.6 is 0 Å². The molecular formula is C11H9F2N3O9. The molecule has 12 nitrogen and oxygen atoms in total. The van der Waals surface area contributed by atoms with Crippen LogP contribution in [0.3, 0.4) is 0 Å². The number of ether oxygens (including phenoxy) is 2. The van der Waals surface area contributed by atoms with Crippen molar-refractivity contribution in [3.63, 3.8) is 0 Å². The summed E-state index contributed by atoms with van der Waals surface area (Å²) in [7, 11) is 0. The Balaban J connectivity index is 3.60. The van der Waals surface area contributed by atoms with E-state index in [2.05, 4.69) is 9.47 Å². The first-order valence-corrected chi connectivity index (χ1v) is 6.35. The third-order valence-electron chi connectivity index (χ3n) is 2.76. The summed E-state index contributed by atoms with van der Waals surface area (Å²) in [6, 6.07) is 0.646. The lowest BCUT2D eigenvalue weighted by atomic mass is 10.1. The topological polar surface area (TPSA) is 165 Å². The number of rotatable bonds is 7. The van der Waals surface area contributed by atoms with Crippen molar-refractivity contribution in [3.05, 3.63) is 42.0 Å². The molecule has 0 heterocycles. The lowest BCUT2D eigenvalue weighted by molar-refractivity contribution is -0.441. The molecule has 0 aliphatic rings. The number of nitro groups is 3. The van der Waals surface area contributed by atoms with Gasteiger partial charge in [-0.15, -0.1) is 0 Å². The van der Waals surface area contributed by atoms with Gasteiger partial charge in [0, 0.05) is 5.56 Å². The van der Waals surface area contributed by atoms with Crippen molar-refractivity contribution in [2.24, 2.45) is 0 Å². The molecule has 0 aliphatic carbocycles. The molecule has 1 rings (SSSR count). The maximum atomic E-state index is 12.6. The van der Waals surface area contributed by atoms with E-state index in [9.17, 15) is 43.9 Å². The molecule has 0 bridgehead atoms. The van der Waals surface area contributed by atoms with E-state index in [4.69, 9.17) is 0 Å². The van der Waals surface area contributed by atoms with E-state index in [1.54, 1.807) is 0 Å². The minimum absolute atomic E-state index is 0.184. The Bertz CT molecular complexity index is 740. The largest absolute Gasteiger partial charge is 0.516 e. The van der Waals surface area contributed by atoms with Crippen LogP contribution in [-0.2, 0) is 11.2 Å². The highest BCUT2D eigenvalue weighted by Gasteiger charge is 2.43. The number of hydrogen-bond donors (Lipinski definition) is 0. The summed E-state index contributed by atoms with van der Waals surface area (Å²) in [5, 5.41) is 33.2. The summed E-state index contributed by atoms with van der Waals surface area (Å²) >= 11 is 0. The molecule has 0 radical (unpaired) electrons. The van der Waals surface area contributed by atoms with Crippen LogP contribution in [0, 0.1) is 30.3 Å². The van der Waals surface area contributed by atoms with Gasteiger partial charge in [-0.05, 0) is 12.5 Å². The van der Waals surface area contributed by atoms with Crippen LogP contribution in [0.4, 0.5) is 30.6 Å². The molecule has 0 saturated carbocycles. The Labute approximate surface area is 136 Å². The number of carbonyl (C=O) groups excluding carboxylic acids is 1. The Morgan fingerprint density at radius 1 is 1.12 bits per heavy atom. The minimum atomic E-state index is -2.72. The first kappa shape index (κ1) is 19.6. The molecule has 136 valence electrons. The van der Waals surface area contributed by atoms with Crippen LogP contribution in [-0.4, -0.2) is 34.0 Å². The van der Waals surface area contributed by atoms with Crippen molar-refractivity contribution in [2.45, 2.75) is 19.7 Å². The van der Waals surface area contributed by atoms with Gasteiger partial charge in [0.1, 0.15) is 0 Å². The zero-order chi connectivity index (χ0) is 19.3. The maximum Gasteiger partial charge on any atom is 0.516 e. The fraction of sp³-hybridized carbons (Fsp3) is 0.364. The standard InChI is InChI=1S/C11H9F2N3O9/c1-2-5-3-6(24-11(17)25-7(13)4-12)9(15(20)21)10(16(22)23)8(5)14(18)19/h3,7H,2,4H2,1H3. The highest BCUT2D eigenvalue weighted by atomic mass is 19.2. The summed E-state index contributed by atoms with van der Waals surface area (Å²) in [6.45, 7) is -0.376. The SMILES string of the molecule is CCc1cc(OC(=O)OC(F)CF)c([N+](=O)[O-])c([N+](=O)[O-])c1[N+](=O)[O-]. The molecule has 0 spiro atoms. The van der Waals surface area contributed by atoms with E-state index in [1.807, 2.05) is 0 Å². The normalized spacial score (nSPS) is 11.5. The van der Waals surface area contributed by atoms with Crippen LogP contribution in [0.25, 0.3) is 0 Å². The number of carbonyl (C=O) groups is 1. The second kappa shape index (κ2) is 7.89.